The van der Waals surface area contributed by atoms with Gasteiger partial charge in [0.05, 0.1) is 24.8 Å². The first-order valence-electron chi connectivity index (χ1n) is 7.55. The number of carbonyl (C=O) groups is 2. The number of aromatic nitrogens is 1. The third-order valence-corrected chi connectivity index (χ3v) is 3.65. The van der Waals surface area contributed by atoms with Crippen molar-refractivity contribution in [3.63, 3.8) is 0 Å². The molecule has 0 radical (unpaired) electrons. The van der Waals surface area contributed by atoms with Crippen LogP contribution in [0.15, 0.2) is 18.3 Å². The summed E-state index contributed by atoms with van der Waals surface area (Å²) < 4.78 is 0. The Bertz CT molecular complexity index is 519. The zero-order chi connectivity index (χ0) is 15.9. The fraction of sp³-hybridized carbons (Fsp3) is 0.533. The van der Waals surface area contributed by atoms with E-state index in [4.69, 9.17) is 5.73 Å². The number of nitrogens with two attached hydrogens (primary N) is 1. The van der Waals surface area contributed by atoms with Crippen molar-refractivity contribution < 1.29 is 9.59 Å². The molecule has 1 saturated heterocycles. The molecule has 0 aromatic carbocycles. The van der Waals surface area contributed by atoms with E-state index in [2.05, 4.69) is 15.2 Å². The molecule has 9 heteroatoms. The summed E-state index contributed by atoms with van der Waals surface area (Å²) >= 11 is 0. The monoisotopic (exact) mass is 377 g/mol. The van der Waals surface area contributed by atoms with Crippen molar-refractivity contribution in [1.82, 2.24) is 20.1 Å². The predicted molar refractivity (Wildman–Crippen MR) is 98.6 cm³/mol. The molecule has 1 aliphatic heterocycles. The summed E-state index contributed by atoms with van der Waals surface area (Å²) in [6.07, 6.45) is 1.85. The summed E-state index contributed by atoms with van der Waals surface area (Å²) in [5, 5.41) is 2.78. The van der Waals surface area contributed by atoms with Crippen molar-refractivity contribution in [3.8, 4) is 0 Å². The largest absolute Gasteiger partial charge is 0.397 e. The molecule has 0 spiro atoms. The van der Waals surface area contributed by atoms with E-state index in [1.165, 1.54) is 0 Å². The van der Waals surface area contributed by atoms with Crippen LogP contribution in [0.5, 0.6) is 0 Å². The first-order valence-corrected chi connectivity index (χ1v) is 7.55. The second-order valence-corrected chi connectivity index (χ2v) is 5.37. The first-order chi connectivity index (χ1) is 10.6. The normalized spacial score (nSPS) is 14.3. The second-order valence-electron chi connectivity index (χ2n) is 5.37. The van der Waals surface area contributed by atoms with Gasteiger partial charge in [-0.2, -0.15) is 0 Å². The highest BCUT2D eigenvalue weighted by Gasteiger charge is 2.22. The zero-order valence-electron chi connectivity index (χ0n) is 13.7. The van der Waals surface area contributed by atoms with Gasteiger partial charge in [0, 0.05) is 38.4 Å². The topological polar surface area (TPSA) is 91.6 Å². The van der Waals surface area contributed by atoms with E-state index < -0.39 is 0 Å². The zero-order valence-corrected chi connectivity index (χ0v) is 15.4. The average Bonchev–Trinajstić information content (AvgIpc) is 2.50. The van der Waals surface area contributed by atoms with Crippen LogP contribution in [0, 0.1) is 0 Å². The highest BCUT2D eigenvalue weighted by Crippen LogP contribution is 2.07. The Morgan fingerprint density at radius 1 is 1.21 bits per heavy atom. The van der Waals surface area contributed by atoms with Crippen molar-refractivity contribution in [2.75, 3.05) is 45.0 Å². The summed E-state index contributed by atoms with van der Waals surface area (Å²) in [6, 6.07) is 3.53. The van der Waals surface area contributed by atoms with Gasteiger partial charge < -0.3 is 16.0 Å². The Morgan fingerprint density at radius 2 is 1.88 bits per heavy atom. The number of hydrogen-bond acceptors (Lipinski definition) is 5. The Kier molecular flexibility index (Phi) is 10.3. The summed E-state index contributed by atoms with van der Waals surface area (Å²) in [5.74, 6) is 0.100. The van der Waals surface area contributed by atoms with E-state index in [0.29, 0.717) is 31.9 Å². The number of piperazine rings is 1. The molecule has 1 aromatic rings. The number of likely N-dealkylation sites (N-methyl/N-ethyl adjacent to an activating group) is 1. The number of nitrogens with one attached hydrogen (secondary N) is 1. The van der Waals surface area contributed by atoms with Crippen LogP contribution in [0.1, 0.15) is 12.6 Å². The molecule has 1 aromatic heterocycles. The van der Waals surface area contributed by atoms with Gasteiger partial charge in [-0.05, 0) is 19.1 Å². The van der Waals surface area contributed by atoms with Crippen LogP contribution < -0.4 is 11.1 Å². The minimum Gasteiger partial charge on any atom is -0.397 e. The molecule has 1 fully saturated rings. The number of carbonyl (C=O) groups excluding carboxylic acids is 2. The molecule has 0 atom stereocenters. The summed E-state index contributed by atoms with van der Waals surface area (Å²) in [6.45, 7) is 5.68. The van der Waals surface area contributed by atoms with Crippen LogP contribution in [0.2, 0.25) is 0 Å². The fourth-order valence-corrected chi connectivity index (χ4v) is 2.42. The molecule has 2 amide bonds. The van der Waals surface area contributed by atoms with Crippen LogP contribution in [0.25, 0.3) is 0 Å². The molecule has 7 nitrogen and oxygen atoms in total. The van der Waals surface area contributed by atoms with E-state index in [1.54, 1.807) is 18.3 Å². The quantitative estimate of drug-likeness (QED) is 0.771. The minimum atomic E-state index is 0. The van der Waals surface area contributed by atoms with E-state index in [9.17, 15) is 9.59 Å². The second kappa shape index (κ2) is 11.1. The third-order valence-electron chi connectivity index (χ3n) is 3.65. The molecule has 2 rings (SSSR count). The van der Waals surface area contributed by atoms with Crippen molar-refractivity contribution >= 4 is 42.3 Å². The van der Waals surface area contributed by atoms with Crippen molar-refractivity contribution in [2.45, 2.75) is 13.3 Å². The molecular weight excluding hydrogens is 353 g/mol. The Balaban J connectivity index is 0.00000264. The van der Waals surface area contributed by atoms with Gasteiger partial charge in [-0.3, -0.25) is 19.5 Å². The SMILES string of the molecule is CCNC(=O)CN1CCN(C(=O)Cc2ccc(N)cn2)CC1.Cl.Cl. The van der Waals surface area contributed by atoms with E-state index in [0.717, 1.165) is 18.8 Å². The lowest BCUT2D eigenvalue weighted by Gasteiger charge is -2.34. The number of pyridine rings is 1. The molecule has 2 heterocycles. The lowest BCUT2D eigenvalue weighted by atomic mass is 10.2. The Morgan fingerprint density at radius 3 is 2.42 bits per heavy atom. The molecule has 136 valence electrons. The number of hydrogen-bond donors (Lipinski definition) is 2. The van der Waals surface area contributed by atoms with Crippen LogP contribution in [-0.2, 0) is 16.0 Å². The Hall–Kier alpha value is -1.57. The molecule has 1 aliphatic rings. The van der Waals surface area contributed by atoms with E-state index in [-0.39, 0.29) is 43.0 Å². The lowest BCUT2D eigenvalue weighted by Crippen LogP contribution is -2.51. The van der Waals surface area contributed by atoms with Crippen LogP contribution in [-0.4, -0.2) is 65.9 Å². The van der Waals surface area contributed by atoms with Crippen LogP contribution in [0.3, 0.4) is 0 Å². The van der Waals surface area contributed by atoms with Crippen LogP contribution >= 0.6 is 24.8 Å². The van der Waals surface area contributed by atoms with Gasteiger partial charge in [-0.25, -0.2) is 0 Å². The van der Waals surface area contributed by atoms with Gasteiger partial charge in [0.25, 0.3) is 0 Å². The maximum Gasteiger partial charge on any atom is 0.234 e. The molecule has 24 heavy (non-hydrogen) atoms. The number of amides is 2. The first kappa shape index (κ1) is 22.4. The van der Waals surface area contributed by atoms with Crippen molar-refractivity contribution in [3.05, 3.63) is 24.0 Å². The maximum atomic E-state index is 12.2. The molecule has 0 aliphatic carbocycles. The Labute approximate surface area is 154 Å². The molecule has 0 unspecified atom stereocenters. The number of rotatable bonds is 5. The molecular formula is C15H25Cl2N5O2. The molecule has 0 bridgehead atoms. The summed E-state index contributed by atoms with van der Waals surface area (Å²) in [4.78, 5) is 31.8. The average molecular weight is 378 g/mol. The highest BCUT2D eigenvalue weighted by atomic mass is 35.5. The molecule has 3 N–H and O–H groups in total. The van der Waals surface area contributed by atoms with Gasteiger partial charge in [0.15, 0.2) is 0 Å². The van der Waals surface area contributed by atoms with Gasteiger partial charge >= 0.3 is 0 Å². The van der Waals surface area contributed by atoms with Gasteiger partial charge in [0.1, 0.15) is 0 Å². The van der Waals surface area contributed by atoms with Crippen molar-refractivity contribution in [1.29, 1.82) is 0 Å². The van der Waals surface area contributed by atoms with Gasteiger partial charge in [-0.1, -0.05) is 0 Å². The summed E-state index contributed by atoms with van der Waals surface area (Å²) in [5.41, 5.74) is 6.90. The van der Waals surface area contributed by atoms with E-state index >= 15 is 0 Å². The smallest absolute Gasteiger partial charge is 0.234 e. The number of anilines is 1. The number of nitrogen functional groups attached to an aromatic ring is 1. The standard InChI is InChI=1S/C15H23N5O2.2ClH/c1-2-17-14(21)11-19-5-7-20(8-6-19)15(22)9-13-4-3-12(16)10-18-13;;/h3-4,10H,2,5-9,11,16H2,1H3,(H,17,21);2*1H. The number of halogens is 2. The number of nitrogens with zero attached hydrogens (tertiary/aromatic N) is 3. The van der Waals surface area contributed by atoms with Gasteiger partial charge in [-0.15, -0.1) is 24.8 Å². The summed E-state index contributed by atoms with van der Waals surface area (Å²) in [7, 11) is 0. The van der Waals surface area contributed by atoms with Crippen LogP contribution in [0.4, 0.5) is 5.69 Å². The van der Waals surface area contributed by atoms with E-state index in [1.807, 2.05) is 11.8 Å². The minimum absolute atomic E-state index is 0. The predicted octanol–water partition coefficient (Wildman–Crippen LogP) is 0.330. The highest BCUT2D eigenvalue weighted by molar-refractivity contribution is 5.85. The fourth-order valence-electron chi connectivity index (χ4n) is 2.42. The third kappa shape index (κ3) is 6.90. The molecule has 0 saturated carbocycles. The maximum absolute atomic E-state index is 12.2. The van der Waals surface area contributed by atoms with Crippen molar-refractivity contribution in [2.24, 2.45) is 0 Å². The lowest BCUT2D eigenvalue weighted by molar-refractivity contribution is -0.132. The van der Waals surface area contributed by atoms with Gasteiger partial charge in [0.2, 0.25) is 11.8 Å².